The van der Waals surface area contributed by atoms with Crippen molar-refractivity contribution in [1.82, 2.24) is 5.32 Å². The molecule has 0 saturated carbocycles. The fourth-order valence-electron chi connectivity index (χ4n) is 2.83. The van der Waals surface area contributed by atoms with Gasteiger partial charge in [-0.1, -0.05) is 12.1 Å². The van der Waals surface area contributed by atoms with Gasteiger partial charge in [-0.15, -0.1) is 0 Å². The second-order valence-corrected chi connectivity index (χ2v) is 8.22. The number of hydrogen-bond acceptors (Lipinski definition) is 4. The summed E-state index contributed by atoms with van der Waals surface area (Å²) in [4.78, 5) is 11.5. The van der Waals surface area contributed by atoms with E-state index in [0.29, 0.717) is 12.8 Å². The van der Waals surface area contributed by atoms with Crippen LogP contribution in [0.4, 0.5) is 8.78 Å². The van der Waals surface area contributed by atoms with E-state index in [1.165, 1.54) is 12.1 Å². The van der Waals surface area contributed by atoms with Crippen molar-refractivity contribution in [2.45, 2.75) is 30.6 Å². The third-order valence-electron chi connectivity index (χ3n) is 4.18. The number of benzene rings is 1. The van der Waals surface area contributed by atoms with E-state index in [0.717, 1.165) is 12.3 Å². The predicted molar refractivity (Wildman–Crippen MR) is 82.3 cm³/mol. The quantitative estimate of drug-likeness (QED) is 0.860. The first kappa shape index (κ1) is 17.8. The van der Waals surface area contributed by atoms with Gasteiger partial charge < -0.3 is 11.1 Å². The smallest absolute Gasteiger partial charge is 0.236 e. The number of halogens is 2. The lowest BCUT2D eigenvalue weighted by atomic mass is 9.94. The van der Waals surface area contributed by atoms with Crippen LogP contribution in [0.2, 0.25) is 0 Å². The van der Waals surface area contributed by atoms with Crippen molar-refractivity contribution in [3.05, 3.63) is 35.4 Å². The second kappa shape index (κ2) is 6.92. The van der Waals surface area contributed by atoms with Gasteiger partial charge in [-0.25, -0.2) is 17.2 Å². The minimum absolute atomic E-state index is 0.103. The van der Waals surface area contributed by atoms with Gasteiger partial charge in [-0.05, 0) is 31.2 Å². The largest absolute Gasteiger partial charge is 0.354 e. The summed E-state index contributed by atoms with van der Waals surface area (Å²) in [5, 5.41) is 1.49. The topological polar surface area (TPSA) is 89.3 Å². The molecule has 1 unspecified atom stereocenters. The normalized spacial score (nSPS) is 23.9. The summed E-state index contributed by atoms with van der Waals surface area (Å²) in [7, 11) is -3.65. The van der Waals surface area contributed by atoms with Gasteiger partial charge in [0.15, 0.2) is 21.5 Å². The minimum atomic E-state index is -3.65. The molecule has 0 bridgehead atoms. The standard InChI is InChI=1S/C15H20F2N2O3S/c1-23(21,22)13(10-3-2-4-11(16)14(10)17)7-9-5-6-12(18)15(20)19-8-9/h2-4,9,12-13H,5-8,18H2,1H3,(H,19,20)/t9-,12+,13?/m0/s1. The molecule has 1 heterocycles. The first-order valence-electron chi connectivity index (χ1n) is 7.36. The summed E-state index contributed by atoms with van der Waals surface area (Å²) in [6, 6.07) is 2.90. The van der Waals surface area contributed by atoms with Crippen LogP contribution in [-0.2, 0) is 14.6 Å². The molecule has 1 aliphatic rings. The summed E-state index contributed by atoms with van der Waals surface area (Å²) < 4.78 is 51.6. The van der Waals surface area contributed by atoms with Gasteiger partial charge in [0.1, 0.15) is 0 Å². The van der Waals surface area contributed by atoms with E-state index >= 15 is 0 Å². The fourth-order valence-corrected chi connectivity index (χ4v) is 4.09. The minimum Gasteiger partial charge on any atom is -0.354 e. The second-order valence-electron chi connectivity index (χ2n) is 5.99. The van der Waals surface area contributed by atoms with Crippen LogP contribution < -0.4 is 11.1 Å². The maximum Gasteiger partial charge on any atom is 0.236 e. The molecule has 1 aromatic carbocycles. The number of sulfone groups is 1. The average molecular weight is 346 g/mol. The molecule has 8 heteroatoms. The van der Waals surface area contributed by atoms with Crippen LogP contribution in [0.1, 0.15) is 30.1 Å². The Morgan fingerprint density at radius 2 is 2.04 bits per heavy atom. The van der Waals surface area contributed by atoms with Crippen molar-refractivity contribution in [2.24, 2.45) is 11.7 Å². The van der Waals surface area contributed by atoms with Crippen LogP contribution in [0.3, 0.4) is 0 Å². The molecule has 5 nitrogen and oxygen atoms in total. The molecular formula is C15H20F2N2O3S. The average Bonchev–Trinajstić information content (AvgIpc) is 2.62. The van der Waals surface area contributed by atoms with Crippen LogP contribution in [0.5, 0.6) is 0 Å². The monoisotopic (exact) mass is 346 g/mol. The Morgan fingerprint density at radius 1 is 1.35 bits per heavy atom. The van der Waals surface area contributed by atoms with Crippen molar-refractivity contribution in [1.29, 1.82) is 0 Å². The predicted octanol–water partition coefficient (Wildman–Crippen LogP) is 1.29. The molecule has 1 aromatic rings. The molecular weight excluding hydrogens is 326 g/mol. The molecule has 0 radical (unpaired) electrons. The van der Waals surface area contributed by atoms with Crippen LogP contribution in [0.15, 0.2) is 18.2 Å². The molecule has 1 amide bonds. The third-order valence-corrected chi connectivity index (χ3v) is 5.66. The number of rotatable bonds is 4. The molecule has 3 atom stereocenters. The molecule has 128 valence electrons. The van der Waals surface area contributed by atoms with Crippen LogP contribution in [0.25, 0.3) is 0 Å². The third kappa shape index (κ3) is 4.26. The molecule has 23 heavy (non-hydrogen) atoms. The van der Waals surface area contributed by atoms with E-state index in [-0.39, 0.29) is 30.4 Å². The van der Waals surface area contributed by atoms with E-state index in [1.807, 2.05) is 0 Å². The maximum atomic E-state index is 14.0. The van der Waals surface area contributed by atoms with E-state index < -0.39 is 32.8 Å². The molecule has 1 saturated heterocycles. The number of hydrogen-bond donors (Lipinski definition) is 2. The summed E-state index contributed by atoms with van der Waals surface area (Å²) in [6.45, 7) is 0.273. The van der Waals surface area contributed by atoms with Gasteiger partial charge in [0.2, 0.25) is 5.91 Å². The molecule has 0 aromatic heterocycles. The van der Waals surface area contributed by atoms with E-state index in [2.05, 4.69) is 5.32 Å². The van der Waals surface area contributed by atoms with Gasteiger partial charge >= 0.3 is 0 Å². The highest BCUT2D eigenvalue weighted by molar-refractivity contribution is 7.90. The summed E-state index contributed by atoms with van der Waals surface area (Å²) in [5.41, 5.74) is 5.50. The Kier molecular flexibility index (Phi) is 5.36. The molecule has 0 aliphatic carbocycles. The summed E-state index contributed by atoms with van der Waals surface area (Å²) in [5.74, 6) is -2.67. The van der Waals surface area contributed by atoms with E-state index in [4.69, 9.17) is 5.73 Å². The van der Waals surface area contributed by atoms with Crippen molar-refractivity contribution in [2.75, 3.05) is 12.8 Å². The number of carbonyl (C=O) groups excluding carboxylic acids is 1. The van der Waals surface area contributed by atoms with Crippen molar-refractivity contribution in [3.63, 3.8) is 0 Å². The number of carbonyl (C=O) groups is 1. The Balaban J connectivity index is 2.27. The summed E-state index contributed by atoms with van der Waals surface area (Å²) >= 11 is 0. The summed E-state index contributed by atoms with van der Waals surface area (Å²) in [6.07, 6.45) is 2.08. The zero-order valence-electron chi connectivity index (χ0n) is 12.8. The Labute approximate surface area is 134 Å². The lowest BCUT2D eigenvalue weighted by Crippen LogP contribution is -2.39. The van der Waals surface area contributed by atoms with Gasteiger partial charge in [0.05, 0.1) is 11.3 Å². The van der Waals surface area contributed by atoms with Gasteiger partial charge in [0, 0.05) is 18.4 Å². The highest BCUT2D eigenvalue weighted by atomic mass is 32.2. The van der Waals surface area contributed by atoms with E-state index in [9.17, 15) is 22.0 Å². The first-order chi connectivity index (χ1) is 10.7. The molecule has 0 spiro atoms. The molecule has 1 fully saturated rings. The highest BCUT2D eigenvalue weighted by Gasteiger charge is 2.31. The van der Waals surface area contributed by atoms with Crippen LogP contribution in [0, 0.1) is 17.6 Å². The Morgan fingerprint density at radius 3 is 2.70 bits per heavy atom. The van der Waals surface area contributed by atoms with Gasteiger partial charge in [0.25, 0.3) is 0 Å². The van der Waals surface area contributed by atoms with Crippen molar-refractivity contribution < 1.29 is 22.0 Å². The maximum absolute atomic E-state index is 14.0. The molecule has 2 rings (SSSR count). The zero-order chi connectivity index (χ0) is 17.2. The number of nitrogens with one attached hydrogen (secondary N) is 1. The highest BCUT2D eigenvalue weighted by Crippen LogP contribution is 2.33. The molecule has 1 aliphatic heterocycles. The number of nitrogens with two attached hydrogens (primary N) is 1. The van der Waals surface area contributed by atoms with Gasteiger partial charge in [-0.3, -0.25) is 4.79 Å². The fraction of sp³-hybridized carbons (Fsp3) is 0.533. The Hall–Kier alpha value is -1.54. The lowest BCUT2D eigenvalue weighted by Gasteiger charge is -2.22. The first-order valence-corrected chi connectivity index (χ1v) is 9.31. The Bertz CT molecular complexity index is 694. The number of amides is 1. The van der Waals surface area contributed by atoms with Crippen LogP contribution in [-0.4, -0.2) is 33.2 Å². The van der Waals surface area contributed by atoms with Crippen LogP contribution >= 0.6 is 0 Å². The molecule has 3 N–H and O–H groups in total. The van der Waals surface area contributed by atoms with Gasteiger partial charge in [-0.2, -0.15) is 0 Å². The lowest BCUT2D eigenvalue weighted by molar-refractivity contribution is -0.122. The van der Waals surface area contributed by atoms with Crippen molar-refractivity contribution in [3.8, 4) is 0 Å². The van der Waals surface area contributed by atoms with Crippen molar-refractivity contribution >= 4 is 15.7 Å². The zero-order valence-corrected chi connectivity index (χ0v) is 13.6. The SMILES string of the molecule is CS(=O)(=O)C(C[C@@H]1CC[C@@H](N)C(=O)NC1)c1cccc(F)c1F. The van der Waals surface area contributed by atoms with E-state index in [1.54, 1.807) is 0 Å².